The molecule has 4 rings (SSSR count). The molecule has 7 nitrogen and oxygen atoms in total. The summed E-state index contributed by atoms with van der Waals surface area (Å²) in [5.74, 6) is -1.66. The van der Waals surface area contributed by atoms with Gasteiger partial charge in [-0.25, -0.2) is 0 Å². The van der Waals surface area contributed by atoms with Gasteiger partial charge in [0.25, 0.3) is 0 Å². The standard InChI is InChI=1S/C20H24N4O3/c25-19(22-17-6-7-17)14-8-15(20(26)27)11-24(10-14)12-16-9-21-23-18(16)13-4-2-1-3-5-13/h1-5,9,14-15,17H,6-8,10-12H2,(H,21,23)(H,22,25)(H,26,27)/t14-,15-/m0/s1. The number of H-pyrrole nitrogens is 1. The number of carboxylic acid groups (broad SMARTS) is 1. The molecule has 0 bridgehead atoms. The van der Waals surface area contributed by atoms with Crippen molar-refractivity contribution in [2.75, 3.05) is 13.1 Å². The van der Waals surface area contributed by atoms with Crippen molar-refractivity contribution in [1.82, 2.24) is 20.4 Å². The first-order valence-electron chi connectivity index (χ1n) is 9.43. The highest BCUT2D eigenvalue weighted by Crippen LogP contribution is 2.28. The number of carboxylic acids is 1. The Morgan fingerprint density at radius 1 is 1.19 bits per heavy atom. The molecule has 0 spiro atoms. The molecule has 1 aromatic carbocycles. The van der Waals surface area contributed by atoms with Crippen molar-refractivity contribution >= 4 is 11.9 Å². The highest BCUT2D eigenvalue weighted by molar-refractivity contribution is 5.81. The van der Waals surface area contributed by atoms with Gasteiger partial charge in [0.05, 0.1) is 23.7 Å². The number of carbonyl (C=O) groups excluding carboxylic acids is 1. The van der Waals surface area contributed by atoms with Gasteiger partial charge in [-0.1, -0.05) is 30.3 Å². The van der Waals surface area contributed by atoms with Crippen molar-refractivity contribution in [3.63, 3.8) is 0 Å². The summed E-state index contributed by atoms with van der Waals surface area (Å²) >= 11 is 0. The largest absolute Gasteiger partial charge is 0.481 e. The Bertz CT molecular complexity index is 816. The minimum Gasteiger partial charge on any atom is -0.481 e. The van der Waals surface area contributed by atoms with E-state index in [0.29, 0.717) is 26.1 Å². The molecule has 2 aromatic rings. The lowest BCUT2D eigenvalue weighted by molar-refractivity contribution is -0.145. The topological polar surface area (TPSA) is 98.3 Å². The second-order valence-corrected chi connectivity index (χ2v) is 7.58. The maximum atomic E-state index is 12.5. The van der Waals surface area contributed by atoms with Crippen LogP contribution < -0.4 is 5.32 Å². The fourth-order valence-electron chi connectivity index (χ4n) is 3.76. The molecule has 2 atom stereocenters. The first kappa shape index (κ1) is 17.7. The Morgan fingerprint density at radius 3 is 2.63 bits per heavy atom. The number of hydrogen-bond acceptors (Lipinski definition) is 4. The zero-order valence-electron chi connectivity index (χ0n) is 15.1. The van der Waals surface area contributed by atoms with Crippen molar-refractivity contribution in [2.45, 2.75) is 31.8 Å². The third-order valence-electron chi connectivity index (χ3n) is 5.34. The third kappa shape index (κ3) is 4.19. The molecule has 1 saturated heterocycles. The summed E-state index contributed by atoms with van der Waals surface area (Å²) in [7, 11) is 0. The molecule has 27 heavy (non-hydrogen) atoms. The van der Waals surface area contributed by atoms with E-state index < -0.39 is 11.9 Å². The number of hydrogen-bond donors (Lipinski definition) is 3. The van der Waals surface area contributed by atoms with Gasteiger partial charge in [-0.05, 0) is 24.8 Å². The molecule has 1 aliphatic carbocycles. The van der Waals surface area contributed by atoms with Gasteiger partial charge in [-0.15, -0.1) is 0 Å². The van der Waals surface area contributed by atoms with Gasteiger partial charge in [0.2, 0.25) is 5.91 Å². The van der Waals surface area contributed by atoms with Gasteiger partial charge in [0.1, 0.15) is 0 Å². The maximum absolute atomic E-state index is 12.5. The van der Waals surface area contributed by atoms with E-state index in [9.17, 15) is 14.7 Å². The van der Waals surface area contributed by atoms with Crippen molar-refractivity contribution < 1.29 is 14.7 Å². The molecule has 2 fully saturated rings. The van der Waals surface area contributed by atoms with Crippen LogP contribution in [0.1, 0.15) is 24.8 Å². The maximum Gasteiger partial charge on any atom is 0.307 e. The normalized spacial score (nSPS) is 23.1. The van der Waals surface area contributed by atoms with E-state index in [1.165, 1.54) is 0 Å². The zero-order chi connectivity index (χ0) is 18.8. The van der Waals surface area contributed by atoms with Crippen molar-refractivity contribution in [1.29, 1.82) is 0 Å². The summed E-state index contributed by atoms with van der Waals surface area (Å²) < 4.78 is 0. The number of aromatic nitrogens is 2. The van der Waals surface area contributed by atoms with E-state index in [-0.39, 0.29) is 17.9 Å². The van der Waals surface area contributed by atoms with Crippen molar-refractivity contribution in [3.05, 3.63) is 42.1 Å². The Kier molecular flexibility index (Phi) is 4.94. The lowest BCUT2D eigenvalue weighted by atomic mass is 9.88. The molecule has 142 valence electrons. The molecule has 7 heteroatoms. The summed E-state index contributed by atoms with van der Waals surface area (Å²) in [5, 5.41) is 19.8. The van der Waals surface area contributed by atoms with Crippen LogP contribution in [0, 0.1) is 11.8 Å². The molecule has 2 aliphatic rings. The molecule has 2 heterocycles. The van der Waals surface area contributed by atoms with Gasteiger partial charge in [-0.2, -0.15) is 5.10 Å². The molecule has 1 amide bonds. The van der Waals surface area contributed by atoms with Gasteiger partial charge in [-0.3, -0.25) is 19.6 Å². The second-order valence-electron chi connectivity index (χ2n) is 7.58. The number of likely N-dealkylation sites (tertiary alicyclic amines) is 1. The third-order valence-corrected chi connectivity index (χ3v) is 5.34. The van der Waals surface area contributed by atoms with Crippen LogP contribution in [0.3, 0.4) is 0 Å². The summed E-state index contributed by atoms with van der Waals surface area (Å²) in [4.78, 5) is 26.2. The first-order valence-corrected chi connectivity index (χ1v) is 9.43. The fourth-order valence-corrected chi connectivity index (χ4v) is 3.76. The number of aliphatic carboxylic acids is 1. The number of nitrogens with one attached hydrogen (secondary N) is 2. The van der Waals surface area contributed by atoms with E-state index in [2.05, 4.69) is 20.4 Å². The van der Waals surface area contributed by atoms with E-state index in [0.717, 1.165) is 29.7 Å². The van der Waals surface area contributed by atoms with E-state index in [1.54, 1.807) is 6.20 Å². The molecule has 1 saturated carbocycles. The number of rotatable bonds is 6. The number of piperidine rings is 1. The van der Waals surface area contributed by atoms with Gasteiger partial charge in [0.15, 0.2) is 0 Å². The molecule has 1 aliphatic heterocycles. The Hall–Kier alpha value is -2.67. The highest BCUT2D eigenvalue weighted by atomic mass is 16.4. The number of aromatic amines is 1. The molecule has 1 aromatic heterocycles. The van der Waals surface area contributed by atoms with Crippen LogP contribution in [-0.2, 0) is 16.1 Å². The number of benzene rings is 1. The van der Waals surface area contributed by atoms with E-state index >= 15 is 0 Å². The quantitative estimate of drug-likeness (QED) is 0.723. The lowest BCUT2D eigenvalue weighted by Gasteiger charge is -2.35. The number of carbonyl (C=O) groups is 2. The van der Waals surface area contributed by atoms with Gasteiger partial charge < -0.3 is 10.4 Å². The van der Waals surface area contributed by atoms with Crippen LogP contribution in [-0.4, -0.2) is 51.2 Å². The predicted molar refractivity (Wildman–Crippen MR) is 99.7 cm³/mol. The van der Waals surface area contributed by atoms with Crippen LogP contribution in [0.5, 0.6) is 0 Å². The molecular weight excluding hydrogens is 344 g/mol. The highest BCUT2D eigenvalue weighted by Gasteiger charge is 2.37. The summed E-state index contributed by atoms with van der Waals surface area (Å²) in [6.07, 6.45) is 4.24. The SMILES string of the molecule is O=C(O)[C@H]1C[C@H](C(=O)NC2CC2)CN(Cc2cn[nH]c2-c2ccccc2)C1. The van der Waals surface area contributed by atoms with E-state index in [1.807, 2.05) is 30.3 Å². The van der Waals surface area contributed by atoms with Crippen molar-refractivity contribution in [3.8, 4) is 11.3 Å². The number of amides is 1. The average Bonchev–Trinajstić information content (AvgIpc) is 3.37. The Morgan fingerprint density at radius 2 is 1.93 bits per heavy atom. The van der Waals surface area contributed by atoms with Crippen molar-refractivity contribution in [2.24, 2.45) is 11.8 Å². The second kappa shape index (κ2) is 7.52. The molecule has 3 N–H and O–H groups in total. The summed E-state index contributed by atoms with van der Waals surface area (Å²) in [6.45, 7) is 1.58. The van der Waals surface area contributed by atoms with Gasteiger partial charge in [0, 0.05) is 31.2 Å². The van der Waals surface area contributed by atoms with Gasteiger partial charge >= 0.3 is 5.97 Å². The number of nitrogens with zero attached hydrogens (tertiary/aromatic N) is 2. The van der Waals surface area contributed by atoms with Crippen LogP contribution in [0.25, 0.3) is 11.3 Å². The first-order chi connectivity index (χ1) is 13.1. The monoisotopic (exact) mass is 368 g/mol. The average molecular weight is 368 g/mol. The van der Waals surface area contributed by atoms with E-state index in [4.69, 9.17) is 0 Å². The minimum atomic E-state index is -0.834. The van der Waals surface area contributed by atoms with Crippen LogP contribution in [0.15, 0.2) is 36.5 Å². The fraction of sp³-hybridized carbons (Fsp3) is 0.450. The summed E-state index contributed by atoms with van der Waals surface area (Å²) in [6, 6.07) is 10.2. The molecule has 0 unspecified atom stereocenters. The Labute approximate surface area is 157 Å². The smallest absolute Gasteiger partial charge is 0.307 e. The van der Waals surface area contributed by atoms with Crippen LogP contribution >= 0.6 is 0 Å². The minimum absolute atomic E-state index is 0.0103. The molecular formula is C20H24N4O3. The van der Waals surface area contributed by atoms with Crippen LogP contribution in [0.2, 0.25) is 0 Å². The zero-order valence-corrected chi connectivity index (χ0v) is 15.1. The summed E-state index contributed by atoms with van der Waals surface area (Å²) in [5.41, 5.74) is 2.99. The molecule has 0 radical (unpaired) electrons. The Balaban J connectivity index is 1.49. The lowest BCUT2D eigenvalue weighted by Crippen LogP contribution is -2.48. The van der Waals surface area contributed by atoms with Crippen LogP contribution in [0.4, 0.5) is 0 Å². The predicted octanol–water partition coefficient (Wildman–Crippen LogP) is 1.88.